The van der Waals surface area contributed by atoms with Gasteiger partial charge in [0.15, 0.2) is 0 Å². The summed E-state index contributed by atoms with van der Waals surface area (Å²) < 4.78 is 15.1. The van der Waals surface area contributed by atoms with Crippen molar-refractivity contribution in [3.63, 3.8) is 0 Å². The molecule has 0 heterocycles. The summed E-state index contributed by atoms with van der Waals surface area (Å²) in [5, 5.41) is 23.1. The van der Waals surface area contributed by atoms with Crippen LogP contribution in [0.4, 0.5) is 5.69 Å². The number of amides is 1. The van der Waals surface area contributed by atoms with E-state index in [1.807, 2.05) is 17.9 Å². The number of non-ortho nitro benzene ring substituents is 1. The molecule has 11 heteroatoms. The molecule has 0 radical (unpaired) electrons. The Labute approximate surface area is 193 Å². The third-order valence-electron chi connectivity index (χ3n) is 4.46. The lowest BCUT2D eigenvalue weighted by atomic mass is 10.1. The van der Waals surface area contributed by atoms with Gasteiger partial charge in [-0.15, -0.1) is 0 Å². The van der Waals surface area contributed by atoms with Crippen LogP contribution < -0.4 is 11.1 Å². The number of aliphatic hydroxyl groups excluding tert-OH is 1. The lowest BCUT2D eigenvalue weighted by Gasteiger charge is -2.24. The molecule has 0 aliphatic heterocycles. The molecule has 0 aliphatic carbocycles. The van der Waals surface area contributed by atoms with Gasteiger partial charge in [0, 0.05) is 37.5 Å². The van der Waals surface area contributed by atoms with E-state index < -0.39 is 17.4 Å². The number of aliphatic hydroxyl groups is 1. The summed E-state index contributed by atoms with van der Waals surface area (Å²) in [5.41, 5.74) is 6.56. The number of nitrogens with one attached hydrogen (secondary N) is 1. The Morgan fingerprint density at radius 2 is 1.94 bits per heavy atom. The van der Waals surface area contributed by atoms with Gasteiger partial charge in [0.2, 0.25) is 12.3 Å². The molecular weight excluding hydrogens is 432 g/mol. The van der Waals surface area contributed by atoms with Gasteiger partial charge in [-0.1, -0.05) is 0 Å². The third kappa shape index (κ3) is 10.6. The molecule has 1 aromatic rings. The van der Waals surface area contributed by atoms with Gasteiger partial charge in [0.25, 0.3) is 5.69 Å². The second kappa shape index (κ2) is 15.4. The molecule has 2 unspecified atom stereocenters. The minimum Gasteiger partial charge on any atom is -0.504 e. The quantitative estimate of drug-likeness (QED) is 0.116. The highest BCUT2D eigenvalue weighted by molar-refractivity contribution is 5.76. The van der Waals surface area contributed by atoms with Gasteiger partial charge < -0.3 is 29.5 Å². The number of carbonyl (C=O) groups excluding carboxylic acids is 1. The summed E-state index contributed by atoms with van der Waals surface area (Å²) in [6.07, 6.45) is 5.90. The van der Waals surface area contributed by atoms with Crippen LogP contribution in [0.25, 0.3) is 0 Å². The SMILES string of the molecule is CCN(CCNC(=O)CC(OC(N)O)c1ccc([N+](=O)[O-])cc1)C(/C=C/OC)=C/C=C/OC. The number of hydrogen-bond acceptors (Lipinski definition) is 9. The van der Waals surface area contributed by atoms with Crippen LogP contribution in [0.15, 0.2) is 60.7 Å². The molecule has 0 saturated heterocycles. The Hall–Kier alpha value is -3.41. The van der Waals surface area contributed by atoms with Crippen molar-refractivity contribution in [1.29, 1.82) is 0 Å². The summed E-state index contributed by atoms with van der Waals surface area (Å²) in [4.78, 5) is 24.8. The first-order valence-electron chi connectivity index (χ1n) is 10.3. The molecule has 0 bridgehead atoms. The molecule has 1 aromatic carbocycles. The lowest BCUT2D eigenvalue weighted by molar-refractivity contribution is -0.384. The van der Waals surface area contributed by atoms with Crippen molar-refractivity contribution in [1.82, 2.24) is 10.2 Å². The zero-order chi connectivity index (χ0) is 24.6. The highest BCUT2D eigenvalue weighted by atomic mass is 16.6. The minimum atomic E-state index is -1.60. The fraction of sp³-hybridized carbons (Fsp3) is 0.409. The van der Waals surface area contributed by atoms with Gasteiger partial charge >= 0.3 is 0 Å². The first kappa shape index (κ1) is 27.6. The molecule has 0 aromatic heterocycles. The maximum Gasteiger partial charge on any atom is 0.269 e. The first-order valence-corrected chi connectivity index (χ1v) is 10.3. The Balaban J connectivity index is 2.76. The number of nitro benzene ring substituents is 1. The number of benzene rings is 1. The maximum atomic E-state index is 12.5. The van der Waals surface area contributed by atoms with E-state index in [0.29, 0.717) is 25.2 Å². The van der Waals surface area contributed by atoms with E-state index in [0.717, 1.165) is 5.70 Å². The minimum absolute atomic E-state index is 0.0957. The molecule has 0 spiro atoms. The Kier molecular flexibility index (Phi) is 12.9. The summed E-state index contributed by atoms with van der Waals surface area (Å²) in [6, 6.07) is 5.52. The lowest BCUT2D eigenvalue weighted by Crippen LogP contribution is -2.35. The van der Waals surface area contributed by atoms with Gasteiger partial charge in [-0.2, -0.15) is 0 Å². The number of methoxy groups -OCH3 is 2. The van der Waals surface area contributed by atoms with Gasteiger partial charge in [-0.25, -0.2) is 0 Å². The smallest absolute Gasteiger partial charge is 0.269 e. The zero-order valence-corrected chi connectivity index (χ0v) is 19.0. The third-order valence-corrected chi connectivity index (χ3v) is 4.46. The molecule has 1 amide bonds. The van der Waals surface area contributed by atoms with Crippen LogP contribution in [0.2, 0.25) is 0 Å². The van der Waals surface area contributed by atoms with Crippen LogP contribution in [0, 0.1) is 10.1 Å². The van der Waals surface area contributed by atoms with Crippen molar-refractivity contribution < 1.29 is 29.0 Å². The number of hydrogen-bond donors (Lipinski definition) is 3. The van der Waals surface area contributed by atoms with E-state index in [1.54, 1.807) is 38.9 Å². The first-order chi connectivity index (χ1) is 15.8. The molecule has 0 saturated carbocycles. The second-order valence-corrected chi connectivity index (χ2v) is 6.69. The van der Waals surface area contributed by atoms with E-state index in [9.17, 15) is 20.0 Å². The maximum absolute atomic E-state index is 12.5. The number of allylic oxidation sites excluding steroid dienone is 3. The van der Waals surface area contributed by atoms with Crippen molar-refractivity contribution in [3.05, 3.63) is 76.4 Å². The van der Waals surface area contributed by atoms with Crippen LogP contribution >= 0.6 is 0 Å². The predicted molar refractivity (Wildman–Crippen MR) is 122 cm³/mol. The average molecular weight is 465 g/mol. The van der Waals surface area contributed by atoms with Crippen LogP contribution in [0.5, 0.6) is 0 Å². The molecule has 182 valence electrons. The predicted octanol–water partition coefficient (Wildman–Crippen LogP) is 1.92. The van der Waals surface area contributed by atoms with Gasteiger partial charge in [0.1, 0.15) is 0 Å². The highest BCUT2D eigenvalue weighted by Gasteiger charge is 2.20. The number of carbonyl (C=O) groups is 1. The number of nitro groups is 1. The van der Waals surface area contributed by atoms with Crippen LogP contribution in [0.3, 0.4) is 0 Å². The molecule has 0 fully saturated rings. The molecule has 11 nitrogen and oxygen atoms in total. The number of nitrogens with zero attached hydrogens (tertiary/aromatic N) is 2. The fourth-order valence-corrected chi connectivity index (χ4v) is 2.88. The topological polar surface area (TPSA) is 149 Å². The van der Waals surface area contributed by atoms with E-state index in [2.05, 4.69) is 5.32 Å². The molecular formula is C22H32N4O7. The van der Waals surface area contributed by atoms with Crippen LogP contribution in [0.1, 0.15) is 25.0 Å². The van der Waals surface area contributed by atoms with E-state index in [4.69, 9.17) is 19.9 Å². The molecule has 4 N–H and O–H groups in total. The normalized spacial score (nSPS) is 13.7. The van der Waals surface area contributed by atoms with Crippen molar-refractivity contribution in [3.8, 4) is 0 Å². The number of rotatable bonds is 15. The van der Waals surface area contributed by atoms with Crippen LogP contribution in [-0.4, -0.2) is 61.1 Å². The van der Waals surface area contributed by atoms with Crippen LogP contribution in [-0.2, 0) is 19.0 Å². The fourth-order valence-electron chi connectivity index (χ4n) is 2.88. The van der Waals surface area contributed by atoms with Gasteiger partial charge in [-0.3, -0.25) is 20.6 Å². The Morgan fingerprint density at radius 3 is 2.48 bits per heavy atom. The summed E-state index contributed by atoms with van der Waals surface area (Å²) >= 11 is 0. The van der Waals surface area contributed by atoms with Crippen molar-refractivity contribution in [2.45, 2.75) is 25.9 Å². The second-order valence-electron chi connectivity index (χ2n) is 6.69. The van der Waals surface area contributed by atoms with Crippen molar-refractivity contribution in [2.75, 3.05) is 33.9 Å². The van der Waals surface area contributed by atoms with E-state index in [1.165, 1.54) is 24.3 Å². The van der Waals surface area contributed by atoms with Gasteiger partial charge in [-0.05, 0) is 42.8 Å². The molecule has 1 rings (SSSR count). The number of ether oxygens (including phenoxy) is 3. The average Bonchev–Trinajstić information content (AvgIpc) is 2.78. The monoisotopic (exact) mass is 464 g/mol. The molecule has 0 aliphatic rings. The van der Waals surface area contributed by atoms with Crippen molar-refractivity contribution in [2.24, 2.45) is 5.73 Å². The van der Waals surface area contributed by atoms with Crippen molar-refractivity contribution >= 4 is 11.6 Å². The Bertz CT molecular complexity index is 823. The van der Waals surface area contributed by atoms with E-state index in [-0.39, 0.29) is 18.0 Å². The highest BCUT2D eigenvalue weighted by Crippen LogP contribution is 2.24. The summed E-state index contributed by atoms with van der Waals surface area (Å²) in [7, 11) is 3.11. The Morgan fingerprint density at radius 1 is 1.27 bits per heavy atom. The molecule has 33 heavy (non-hydrogen) atoms. The van der Waals surface area contributed by atoms with E-state index >= 15 is 0 Å². The summed E-state index contributed by atoms with van der Waals surface area (Å²) in [6.45, 7) is 3.53. The summed E-state index contributed by atoms with van der Waals surface area (Å²) in [5.74, 6) is -0.327. The zero-order valence-electron chi connectivity index (χ0n) is 19.0. The number of nitrogens with two attached hydrogens (primary N) is 1. The standard InChI is InChI=1S/C22H32N4O7/c1-4-25(18(11-15-32-3)6-5-14-31-2)13-12-24-21(27)16-20(33-22(23)28)17-7-9-19(10-8-17)26(29)30/h5-11,14-15,20,22,28H,4,12-13,16,23H2,1-3H3,(H,24,27)/b14-5+,15-11+,18-6+. The largest absolute Gasteiger partial charge is 0.504 e. The molecule has 2 atom stereocenters. The number of likely N-dealkylation sites (N-methyl/N-ethyl adjacent to an activating group) is 1. The van der Waals surface area contributed by atoms with Gasteiger partial charge in [0.05, 0.1) is 44.2 Å².